The quantitative estimate of drug-likeness (QED) is 0.710. The van der Waals surface area contributed by atoms with E-state index in [0.717, 1.165) is 10.9 Å². The van der Waals surface area contributed by atoms with Crippen LogP contribution in [0.3, 0.4) is 0 Å². The number of aliphatic hydroxyl groups is 1. The Morgan fingerprint density at radius 3 is 2.65 bits per heavy atom. The van der Waals surface area contributed by atoms with Gasteiger partial charge in [-0.2, -0.15) is 0 Å². The summed E-state index contributed by atoms with van der Waals surface area (Å²) in [7, 11) is 1.27. The van der Waals surface area contributed by atoms with Gasteiger partial charge in [0.1, 0.15) is 6.54 Å². The summed E-state index contributed by atoms with van der Waals surface area (Å²) in [5.74, 6) is -1.11. The normalized spacial score (nSPS) is 19.0. The number of fused-ring (bicyclic) bond motifs is 2. The van der Waals surface area contributed by atoms with E-state index in [1.54, 1.807) is 24.3 Å². The number of amides is 1. The van der Waals surface area contributed by atoms with Gasteiger partial charge < -0.3 is 14.8 Å². The molecule has 0 radical (unpaired) electrons. The van der Waals surface area contributed by atoms with E-state index in [0.29, 0.717) is 22.5 Å². The number of aryl methyl sites for hydroxylation is 1. The van der Waals surface area contributed by atoms with Crippen LogP contribution < -0.4 is 4.90 Å². The lowest BCUT2D eigenvalue weighted by Gasteiger charge is -2.23. The average Bonchev–Trinajstić information content (AvgIpc) is 3.09. The second-order valence-electron chi connectivity index (χ2n) is 6.37. The van der Waals surface area contributed by atoms with Crippen molar-refractivity contribution >= 4 is 28.5 Å². The van der Waals surface area contributed by atoms with Gasteiger partial charge in [-0.05, 0) is 19.1 Å². The zero-order valence-electron chi connectivity index (χ0n) is 14.4. The maximum absolute atomic E-state index is 13.3. The van der Waals surface area contributed by atoms with Crippen LogP contribution in [0.4, 0.5) is 5.69 Å². The van der Waals surface area contributed by atoms with E-state index in [2.05, 4.69) is 4.98 Å². The summed E-state index contributed by atoms with van der Waals surface area (Å²) < 4.78 is 4.71. The van der Waals surface area contributed by atoms with Gasteiger partial charge in [0.15, 0.2) is 5.60 Å². The number of H-pyrrole nitrogens is 1. The van der Waals surface area contributed by atoms with Crippen LogP contribution >= 0.6 is 0 Å². The molecule has 1 aliphatic heterocycles. The van der Waals surface area contributed by atoms with E-state index in [1.807, 2.05) is 31.2 Å². The van der Waals surface area contributed by atoms with Crippen LogP contribution in [0.15, 0.2) is 48.5 Å². The van der Waals surface area contributed by atoms with E-state index < -0.39 is 17.5 Å². The number of nitrogens with one attached hydrogen (secondary N) is 1. The van der Waals surface area contributed by atoms with Gasteiger partial charge in [-0.25, -0.2) is 0 Å². The number of para-hydroxylation sites is 2. The van der Waals surface area contributed by atoms with Crippen molar-refractivity contribution in [3.05, 3.63) is 65.4 Å². The Balaban J connectivity index is 1.97. The Hall–Kier alpha value is -3.12. The number of hydrogen-bond donors (Lipinski definition) is 2. The molecule has 0 spiro atoms. The maximum atomic E-state index is 13.3. The predicted molar refractivity (Wildman–Crippen MR) is 96.8 cm³/mol. The van der Waals surface area contributed by atoms with Crippen molar-refractivity contribution in [1.29, 1.82) is 0 Å². The summed E-state index contributed by atoms with van der Waals surface area (Å²) in [5.41, 5.74) is 1.16. The molecule has 3 aromatic rings. The van der Waals surface area contributed by atoms with Crippen molar-refractivity contribution in [3.8, 4) is 0 Å². The smallest absolute Gasteiger partial charge is 0.325 e. The lowest BCUT2D eigenvalue weighted by molar-refractivity contribution is -0.141. The molecule has 0 aliphatic carbocycles. The van der Waals surface area contributed by atoms with Crippen LogP contribution in [-0.2, 0) is 19.9 Å². The van der Waals surface area contributed by atoms with E-state index in [4.69, 9.17) is 4.74 Å². The number of carbonyl (C=O) groups excluding carboxylic acids is 2. The first-order chi connectivity index (χ1) is 12.5. The number of ether oxygens (including phenoxy) is 1. The molecule has 0 bridgehead atoms. The molecule has 132 valence electrons. The minimum absolute atomic E-state index is 0.254. The number of anilines is 1. The van der Waals surface area contributed by atoms with Crippen LogP contribution in [0.25, 0.3) is 10.9 Å². The highest BCUT2D eigenvalue weighted by molar-refractivity contribution is 6.13. The number of benzene rings is 2. The summed E-state index contributed by atoms with van der Waals surface area (Å²) >= 11 is 0. The second-order valence-corrected chi connectivity index (χ2v) is 6.37. The number of aromatic nitrogens is 1. The van der Waals surface area contributed by atoms with E-state index in [1.165, 1.54) is 12.0 Å². The molecule has 1 aromatic heterocycles. The molecule has 2 N–H and O–H groups in total. The second kappa shape index (κ2) is 5.71. The number of methoxy groups -OCH3 is 1. The summed E-state index contributed by atoms with van der Waals surface area (Å²) in [5, 5.41) is 12.4. The molecule has 1 aliphatic rings. The fourth-order valence-electron chi connectivity index (χ4n) is 3.77. The average molecular weight is 350 g/mol. The molecule has 2 aromatic carbocycles. The molecule has 4 rings (SSSR count). The number of nitrogens with zero attached hydrogens (tertiary/aromatic N) is 1. The van der Waals surface area contributed by atoms with Crippen molar-refractivity contribution in [2.45, 2.75) is 12.5 Å². The molecule has 1 atom stereocenters. The van der Waals surface area contributed by atoms with Gasteiger partial charge in [0.2, 0.25) is 0 Å². The van der Waals surface area contributed by atoms with Crippen LogP contribution in [0.2, 0.25) is 0 Å². The van der Waals surface area contributed by atoms with Gasteiger partial charge in [-0.3, -0.25) is 14.5 Å². The fourth-order valence-corrected chi connectivity index (χ4v) is 3.77. The standard InChI is InChI=1S/C20H18N2O4/c1-12-18(13-7-3-5-9-15(13)21-12)20(25)14-8-4-6-10-16(14)22(19(20)24)11-17(23)26-2/h3-10,21,25H,11H2,1-2H3/t20-/m1/s1. The topological polar surface area (TPSA) is 82.6 Å². The Bertz CT molecular complexity index is 1040. The van der Waals surface area contributed by atoms with Gasteiger partial charge in [-0.15, -0.1) is 0 Å². The predicted octanol–water partition coefficient (Wildman–Crippen LogP) is 2.23. The van der Waals surface area contributed by atoms with E-state index in [-0.39, 0.29) is 6.54 Å². The lowest BCUT2D eigenvalue weighted by Crippen LogP contribution is -2.43. The van der Waals surface area contributed by atoms with Gasteiger partial charge in [0, 0.05) is 27.7 Å². The SMILES string of the molecule is COC(=O)CN1C(=O)[C@](O)(c2c(C)[nH]c3ccccc23)c2ccccc21. The Labute approximate surface area is 150 Å². The highest BCUT2D eigenvalue weighted by Crippen LogP contribution is 2.47. The van der Waals surface area contributed by atoms with Gasteiger partial charge in [-0.1, -0.05) is 36.4 Å². The van der Waals surface area contributed by atoms with Crippen molar-refractivity contribution < 1.29 is 19.4 Å². The summed E-state index contributed by atoms with van der Waals surface area (Å²) in [6, 6.07) is 14.5. The molecular formula is C20H18N2O4. The first-order valence-electron chi connectivity index (χ1n) is 8.27. The molecule has 0 saturated carbocycles. The van der Waals surface area contributed by atoms with E-state index in [9.17, 15) is 14.7 Å². The Morgan fingerprint density at radius 1 is 1.19 bits per heavy atom. The van der Waals surface area contributed by atoms with Crippen LogP contribution in [0.5, 0.6) is 0 Å². The van der Waals surface area contributed by atoms with Gasteiger partial charge in [0.05, 0.1) is 12.8 Å². The third-order valence-electron chi connectivity index (χ3n) is 4.91. The molecule has 6 heteroatoms. The van der Waals surface area contributed by atoms with Crippen LogP contribution in [0, 0.1) is 6.92 Å². The third-order valence-corrected chi connectivity index (χ3v) is 4.91. The minimum atomic E-state index is -1.87. The molecule has 0 unspecified atom stereocenters. The zero-order valence-corrected chi connectivity index (χ0v) is 14.4. The Kier molecular flexibility index (Phi) is 3.59. The highest BCUT2D eigenvalue weighted by atomic mass is 16.5. The maximum Gasteiger partial charge on any atom is 0.325 e. The largest absolute Gasteiger partial charge is 0.468 e. The summed E-state index contributed by atoms with van der Waals surface area (Å²) in [6.07, 6.45) is 0. The third kappa shape index (κ3) is 2.09. The number of rotatable bonds is 3. The molecule has 2 heterocycles. The first-order valence-corrected chi connectivity index (χ1v) is 8.27. The minimum Gasteiger partial charge on any atom is -0.468 e. The summed E-state index contributed by atoms with van der Waals surface area (Å²) in [6.45, 7) is 1.57. The molecule has 1 amide bonds. The van der Waals surface area contributed by atoms with Crippen molar-refractivity contribution in [3.63, 3.8) is 0 Å². The first kappa shape index (κ1) is 16.4. The molecular weight excluding hydrogens is 332 g/mol. The lowest BCUT2D eigenvalue weighted by atomic mass is 9.85. The van der Waals surface area contributed by atoms with Crippen LogP contribution in [0.1, 0.15) is 16.8 Å². The fraction of sp³-hybridized carbons (Fsp3) is 0.200. The number of aromatic amines is 1. The number of hydrogen-bond acceptors (Lipinski definition) is 4. The zero-order chi connectivity index (χ0) is 18.5. The van der Waals surface area contributed by atoms with Crippen LogP contribution in [-0.4, -0.2) is 35.6 Å². The van der Waals surface area contributed by atoms with Crippen molar-refractivity contribution in [2.24, 2.45) is 0 Å². The highest BCUT2D eigenvalue weighted by Gasteiger charge is 2.53. The van der Waals surface area contributed by atoms with Gasteiger partial charge >= 0.3 is 5.97 Å². The van der Waals surface area contributed by atoms with Crippen molar-refractivity contribution in [2.75, 3.05) is 18.6 Å². The van der Waals surface area contributed by atoms with E-state index >= 15 is 0 Å². The summed E-state index contributed by atoms with van der Waals surface area (Å²) in [4.78, 5) is 29.6. The van der Waals surface area contributed by atoms with Gasteiger partial charge in [0.25, 0.3) is 5.91 Å². The molecule has 26 heavy (non-hydrogen) atoms. The molecule has 6 nitrogen and oxygen atoms in total. The number of esters is 1. The number of carbonyl (C=O) groups is 2. The Morgan fingerprint density at radius 2 is 1.88 bits per heavy atom. The van der Waals surface area contributed by atoms with Crippen molar-refractivity contribution in [1.82, 2.24) is 4.98 Å². The monoisotopic (exact) mass is 350 g/mol. The molecule has 0 fully saturated rings. The molecule has 0 saturated heterocycles.